The van der Waals surface area contributed by atoms with Gasteiger partial charge in [0.15, 0.2) is 7.28 Å². The zero-order valence-corrected chi connectivity index (χ0v) is 37.6. The minimum absolute atomic E-state index is 0.0411. The lowest BCUT2D eigenvalue weighted by Gasteiger charge is -2.27. The SMILES string of the molecule is CC(C)(C)c1ccc(Nc2cc3c(cc2-c2c4c5c(c6cc(C(C)(C)C)ccc6n5-c5cc6c(cc5[B]4)-c4ccccc4C6(C)C)c4c2oc2ccccc24)oc2ccccc23)cc1. The smallest absolute Gasteiger partial charge is 0.198 e. The van der Waals surface area contributed by atoms with Gasteiger partial charge in [0.25, 0.3) is 0 Å². The van der Waals surface area contributed by atoms with Gasteiger partial charge in [-0.2, -0.15) is 0 Å². The van der Waals surface area contributed by atoms with E-state index < -0.39 is 0 Å². The molecule has 0 spiro atoms. The molecule has 1 N–H and O–H groups in total. The summed E-state index contributed by atoms with van der Waals surface area (Å²) in [4.78, 5) is 0. The van der Waals surface area contributed by atoms with E-state index >= 15 is 0 Å². The zero-order chi connectivity index (χ0) is 43.6. The van der Waals surface area contributed by atoms with Crippen molar-refractivity contribution >= 4 is 95.3 Å². The Labute approximate surface area is 373 Å². The fraction of sp³-hybridized carbons (Fsp3) is 0.186. The lowest BCUT2D eigenvalue weighted by atomic mass is 9.58. The highest BCUT2D eigenvalue weighted by Crippen LogP contribution is 2.52. The van der Waals surface area contributed by atoms with Gasteiger partial charge in [-0.25, -0.2) is 0 Å². The van der Waals surface area contributed by atoms with Crippen molar-refractivity contribution in [1.82, 2.24) is 4.57 Å². The molecule has 8 aromatic carbocycles. The van der Waals surface area contributed by atoms with E-state index in [-0.39, 0.29) is 16.2 Å². The summed E-state index contributed by atoms with van der Waals surface area (Å²) in [6.07, 6.45) is 0. The number of aromatic nitrogens is 1. The van der Waals surface area contributed by atoms with Crippen molar-refractivity contribution in [1.29, 1.82) is 0 Å². The van der Waals surface area contributed by atoms with Crippen LogP contribution < -0.4 is 16.2 Å². The Bertz CT molecular complexity index is 3820. The van der Waals surface area contributed by atoms with E-state index in [1.54, 1.807) is 0 Å². The normalized spacial score (nSPS) is 14.2. The van der Waals surface area contributed by atoms with E-state index in [9.17, 15) is 0 Å². The van der Waals surface area contributed by atoms with Gasteiger partial charge in [0.2, 0.25) is 0 Å². The summed E-state index contributed by atoms with van der Waals surface area (Å²) >= 11 is 0. The molecule has 13 rings (SSSR count). The topological polar surface area (TPSA) is 43.2 Å². The molecule has 1 radical (unpaired) electrons. The maximum absolute atomic E-state index is 7.25. The first-order valence-corrected chi connectivity index (χ1v) is 22.7. The molecule has 11 aromatic rings. The third kappa shape index (κ3) is 5.12. The van der Waals surface area contributed by atoms with Crippen LogP contribution >= 0.6 is 0 Å². The predicted molar refractivity (Wildman–Crippen MR) is 270 cm³/mol. The van der Waals surface area contributed by atoms with Crippen molar-refractivity contribution in [3.05, 3.63) is 162 Å². The molecular weight excluding hydrogens is 779 g/mol. The molecule has 64 heavy (non-hydrogen) atoms. The van der Waals surface area contributed by atoms with Gasteiger partial charge in [-0.05, 0) is 104 Å². The number of fused-ring (bicyclic) bond motifs is 15. The third-order valence-electron chi connectivity index (χ3n) is 14.5. The maximum Gasteiger partial charge on any atom is 0.198 e. The number of nitrogens with zero attached hydrogens (tertiary/aromatic N) is 1. The first kappa shape index (κ1) is 37.6. The van der Waals surface area contributed by atoms with Crippen LogP contribution in [0.2, 0.25) is 0 Å². The van der Waals surface area contributed by atoms with Gasteiger partial charge in [-0.15, -0.1) is 0 Å². The minimum atomic E-state index is -0.147. The number of para-hydroxylation sites is 2. The first-order valence-electron chi connectivity index (χ1n) is 22.7. The fourth-order valence-corrected chi connectivity index (χ4v) is 11.1. The molecule has 0 amide bonds. The van der Waals surface area contributed by atoms with E-state index in [4.69, 9.17) is 8.83 Å². The molecule has 4 heterocycles. The van der Waals surface area contributed by atoms with Crippen LogP contribution in [-0.2, 0) is 16.2 Å². The van der Waals surface area contributed by atoms with Gasteiger partial charge >= 0.3 is 0 Å². The summed E-state index contributed by atoms with van der Waals surface area (Å²) in [5, 5.41) is 10.8. The van der Waals surface area contributed by atoms with Crippen LogP contribution in [0.25, 0.3) is 93.6 Å². The Balaban J connectivity index is 1.19. The molecule has 0 saturated carbocycles. The molecule has 3 aromatic heterocycles. The molecule has 0 saturated heterocycles. The highest BCUT2D eigenvalue weighted by molar-refractivity contribution is 6.74. The molecule has 0 bridgehead atoms. The van der Waals surface area contributed by atoms with Crippen LogP contribution in [0.1, 0.15) is 77.6 Å². The van der Waals surface area contributed by atoms with Gasteiger partial charge in [-0.1, -0.05) is 146 Å². The van der Waals surface area contributed by atoms with E-state index in [2.05, 4.69) is 206 Å². The first-order chi connectivity index (χ1) is 30.7. The summed E-state index contributed by atoms with van der Waals surface area (Å²) in [6.45, 7) is 18.5. The summed E-state index contributed by atoms with van der Waals surface area (Å²) in [7, 11) is 2.45. The monoisotopic (exact) mass is 827 g/mol. The number of hydrogen-bond donors (Lipinski definition) is 1. The average molecular weight is 828 g/mol. The third-order valence-corrected chi connectivity index (χ3v) is 14.5. The van der Waals surface area contributed by atoms with Crippen molar-refractivity contribution in [2.75, 3.05) is 5.32 Å². The highest BCUT2D eigenvalue weighted by atomic mass is 16.3. The van der Waals surface area contributed by atoms with Gasteiger partial charge in [0, 0.05) is 71.4 Å². The number of hydrogen-bond acceptors (Lipinski definition) is 3. The Morgan fingerprint density at radius 2 is 1.23 bits per heavy atom. The highest BCUT2D eigenvalue weighted by Gasteiger charge is 2.39. The molecule has 0 fully saturated rings. The summed E-state index contributed by atoms with van der Waals surface area (Å²) < 4.78 is 16.5. The van der Waals surface area contributed by atoms with Crippen LogP contribution in [0.4, 0.5) is 11.4 Å². The van der Waals surface area contributed by atoms with Crippen LogP contribution in [0.5, 0.6) is 0 Å². The molecule has 4 nitrogen and oxygen atoms in total. The molecular formula is C59H48BN2O2. The number of nitrogens with one attached hydrogen (secondary N) is 1. The Hall–Kier alpha value is -6.98. The Kier molecular flexibility index (Phi) is 7.40. The standard InChI is InChI=1S/C59H48BN2O2/c1-57(2,3)32-21-24-34(25-22-32)61-45-29-39-36-16-10-13-19-48(36)63-50(39)30-40(45)53-54-55-51(52-37-17-11-14-20-49(37)64-56(52)53)41-27-33(58(4,5)6)23-26-46(41)62(55)47-31-43-38(28-44(47)60-54)35-15-9-12-18-42(35)59(43,7)8/h9-31,61H,1-8H3. The van der Waals surface area contributed by atoms with E-state index in [1.165, 1.54) is 66.3 Å². The van der Waals surface area contributed by atoms with Gasteiger partial charge in [0.05, 0.1) is 5.52 Å². The van der Waals surface area contributed by atoms with Crippen molar-refractivity contribution in [2.45, 2.75) is 71.6 Å². The molecule has 5 heteroatoms. The summed E-state index contributed by atoms with van der Waals surface area (Å²) in [5.74, 6) is 0. The zero-order valence-electron chi connectivity index (χ0n) is 37.6. The lowest BCUT2D eigenvalue weighted by molar-refractivity contribution is 0.590. The van der Waals surface area contributed by atoms with Gasteiger partial charge < -0.3 is 18.7 Å². The number of furan rings is 2. The van der Waals surface area contributed by atoms with Crippen LogP contribution in [0.3, 0.4) is 0 Å². The number of rotatable bonds is 3. The molecule has 1 aliphatic heterocycles. The van der Waals surface area contributed by atoms with Gasteiger partial charge in [-0.3, -0.25) is 0 Å². The van der Waals surface area contributed by atoms with E-state index in [0.29, 0.717) is 0 Å². The quantitative estimate of drug-likeness (QED) is 0.180. The Morgan fingerprint density at radius 1 is 0.547 bits per heavy atom. The second kappa shape index (κ2) is 12.6. The molecule has 309 valence electrons. The summed E-state index contributed by atoms with van der Waals surface area (Å²) in [5.41, 5.74) is 21.2. The van der Waals surface area contributed by atoms with Crippen molar-refractivity contribution in [3.8, 4) is 27.9 Å². The largest absolute Gasteiger partial charge is 0.456 e. The average Bonchev–Trinajstić information content (AvgIpc) is 4.00. The van der Waals surface area contributed by atoms with Crippen LogP contribution in [-0.4, -0.2) is 11.8 Å². The molecule has 1 aliphatic carbocycles. The van der Waals surface area contributed by atoms with Crippen molar-refractivity contribution in [2.24, 2.45) is 0 Å². The molecule has 0 atom stereocenters. The minimum Gasteiger partial charge on any atom is -0.456 e. The predicted octanol–water partition coefficient (Wildman–Crippen LogP) is 14.9. The second-order valence-corrected chi connectivity index (χ2v) is 20.8. The van der Waals surface area contributed by atoms with Crippen molar-refractivity contribution < 1.29 is 8.83 Å². The van der Waals surface area contributed by atoms with Crippen LogP contribution in [0.15, 0.2) is 148 Å². The van der Waals surface area contributed by atoms with Gasteiger partial charge in [0.1, 0.15) is 22.3 Å². The van der Waals surface area contributed by atoms with E-state index in [1.807, 2.05) is 6.07 Å². The number of anilines is 2. The molecule has 0 unspecified atom stereocenters. The second-order valence-electron chi connectivity index (χ2n) is 20.8. The number of benzene rings is 8. The lowest BCUT2D eigenvalue weighted by Crippen LogP contribution is -2.38. The van der Waals surface area contributed by atoms with E-state index in [0.717, 1.165) is 71.8 Å². The fourth-order valence-electron chi connectivity index (χ4n) is 11.1. The molecule has 2 aliphatic rings. The Morgan fingerprint density at radius 3 is 2.00 bits per heavy atom. The van der Waals surface area contributed by atoms with Crippen molar-refractivity contribution in [3.63, 3.8) is 0 Å². The van der Waals surface area contributed by atoms with Crippen LogP contribution in [0, 0.1) is 0 Å². The maximum atomic E-state index is 7.25. The summed E-state index contributed by atoms with van der Waals surface area (Å²) in [6, 6.07) is 51.4.